The lowest BCUT2D eigenvalue weighted by Crippen LogP contribution is -2.52. The minimum Gasteiger partial charge on any atom is -0.615 e. The van der Waals surface area contributed by atoms with Gasteiger partial charge in [-0.2, -0.15) is 0 Å². The van der Waals surface area contributed by atoms with Crippen LogP contribution in [0.3, 0.4) is 0 Å². The average Bonchev–Trinajstić information content (AvgIpc) is 3.46. The number of hydrogen-bond donors (Lipinski definition) is 1. The molecular formula is C21H23N5O5S. The normalized spacial score (nSPS) is 27.4. The van der Waals surface area contributed by atoms with Crippen molar-refractivity contribution in [2.24, 2.45) is 0 Å². The predicted molar refractivity (Wildman–Crippen MR) is 113 cm³/mol. The Morgan fingerprint density at radius 1 is 1.19 bits per heavy atom. The molecule has 0 spiro atoms. The Kier molecular flexibility index (Phi) is 4.97. The highest BCUT2D eigenvalue weighted by Gasteiger charge is 2.41. The fraction of sp³-hybridized carbons (Fsp3) is 0.476. The molecule has 1 aromatic carbocycles. The number of hydrogen-bond acceptors (Lipinski definition) is 7. The molecule has 3 amide bonds. The van der Waals surface area contributed by atoms with Crippen LogP contribution in [0.2, 0.25) is 0 Å². The van der Waals surface area contributed by atoms with E-state index in [0.717, 1.165) is 24.0 Å². The molecule has 32 heavy (non-hydrogen) atoms. The molecule has 5 rings (SSSR count). The highest BCUT2D eigenvalue weighted by Crippen LogP contribution is 2.37. The SMILES string of the molecule is C[S+](=O)([O-])[C@@H]1CCC[C@H]1n1cc(-c2ccc3c(c2)CN(C2CCC(=O)NC2=O)C3=O)nn1. The van der Waals surface area contributed by atoms with E-state index in [0.29, 0.717) is 24.1 Å². The van der Waals surface area contributed by atoms with E-state index in [4.69, 9.17) is 0 Å². The molecule has 1 N–H and O–H groups in total. The maximum atomic E-state index is 12.9. The van der Waals surface area contributed by atoms with Gasteiger partial charge in [0.15, 0.2) is 0 Å². The van der Waals surface area contributed by atoms with Crippen LogP contribution in [0.25, 0.3) is 11.3 Å². The van der Waals surface area contributed by atoms with Gasteiger partial charge in [0.2, 0.25) is 11.8 Å². The fourth-order valence-corrected chi connectivity index (χ4v) is 6.44. The molecule has 2 fully saturated rings. The standard InChI is InChI=1S/C21H23N5O5S/c1-32(30,31)18-4-2-3-16(18)26-11-15(23-24-26)12-5-6-14-13(9-12)10-25(21(14)29)17-7-8-19(27)22-20(17)28/h5-6,9,11,16-18H,2-4,7-8,10H2,1H3,(H-,22,27,28,30,31)/t16-,17?,18-/m1/s1. The number of amides is 3. The second-order valence-electron chi connectivity index (χ2n) is 8.72. The van der Waals surface area contributed by atoms with E-state index in [1.165, 1.54) is 11.2 Å². The zero-order valence-electron chi connectivity index (χ0n) is 17.5. The van der Waals surface area contributed by atoms with Crippen molar-refractivity contribution < 1.29 is 23.1 Å². The summed E-state index contributed by atoms with van der Waals surface area (Å²) in [6.45, 7) is 0.279. The molecule has 11 heteroatoms. The van der Waals surface area contributed by atoms with Crippen molar-refractivity contribution in [3.8, 4) is 11.3 Å². The third-order valence-electron chi connectivity index (χ3n) is 6.64. The second-order valence-corrected chi connectivity index (χ2v) is 11.0. The van der Waals surface area contributed by atoms with Crippen molar-refractivity contribution in [2.75, 3.05) is 6.26 Å². The smallest absolute Gasteiger partial charge is 0.255 e. The molecule has 3 aliphatic rings. The first-order valence-corrected chi connectivity index (χ1v) is 12.6. The Morgan fingerprint density at radius 3 is 2.75 bits per heavy atom. The molecule has 0 radical (unpaired) electrons. The Labute approximate surface area is 185 Å². The first kappa shape index (κ1) is 21.0. The Balaban J connectivity index is 1.38. The largest absolute Gasteiger partial charge is 0.615 e. The predicted octanol–water partition coefficient (Wildman–Crippen LogP) is 1.06. The molecule has 3 heterocycles. The van der Waals surface area contributed by atoms with Crippen LogP contribution in [0, 0.1) is 0 Å². The van der Waals surface area contributed by atoms with Crippen molar-refractivity contribution >= 4 is 27.9 Å². The Hall–Kier alpha value is -2.92. The van der Waals surface area contributed by atoms with E-state index < -0.39 is 27.4 Å². The molecule has 4 atom stereocenters. The molecule has 168 valence electrons. The average molecular weight is 458 g/mol. The summed E-state index contributed by atoms with van der Waals surface area (Å²) >= 11 is 0. The van der Waals surface area contributed by atoms with E-state index in [-0.39, 0.29) is 30.8 Å². The zero-order chi connectivity index (χ0) is 22.6. The van der Waals surface area contributed by atoms with Crippen LogP contribution in [0.4, 0.5) is 0 Å². The van der Waals surface area contributed by atoms with Gasteiger partial charge in [0.25, 0.3) is 5.91 Å². The molecule has 1 saturated carbocycles. The van der Waals surface area contributed by atoms with Gasteiger partial charge in [-0.3, -0.25) is 19.7 Å². The van der Waals surface area contributed by atoms with E-state index in [2.05, 4.69) is 15.6 Å². The number of sulfone groups is 1. The zero-order valence-corrected chi connectivity index (χ0v) is 18.3. The van der Waals surface area contributed by atoms with E-state index >= 15 is 0 Å². The third kappa shape index (κ3) is 3.55. The molecule has 10 nitrogen and oxygen atoms in total. The van der Waals surface area contributed by atoms with Gasteiger partial charge in [0.1, 0.15) is 23.0 Å². The highest BCUT2D eigenvalue weighted by atomic mass is 32.3. The summed E-state index contributed by atoms with van der Waals surface area (Å²) in [4.78, 5) is 38.0. The maximum absolute atomic E-state index is 12.9. The molecule has 2 aliphatic heterocycles. The first-order valence-electron chi connectivity index (χ1n) is 10.6. The van der Waals surface area contributed by atoms with Crippen LogP contribution >= 0.6 is 0 Å². The summed E-state index contributed by atoms with van der Waals surface area (Å²) in [5, 5.41) is 10.3. The van der Waals surface area contributed by atoms with Crippen molar-refractivity contribution in [3.63, 3.8) is 0 Å². The number of rotatable bonds is 4. The lowest BCUT2D eigenvalue weighted by atomic mass is 10.0. The quantitative estimate of drug-likeness (QED) is 0.535. The van der Waals surface area contributed by atoms with Crippen molar-refractivity contribution in [1.29, 1.82) is 0 Å². The summed E-state index contributed by atoms with van der Waals surface area (Å²) in [5.74, 6) is -0.990. The molecule has 2 aromatic rings. The van der Waals surface area contributed by atoms with Gasteiger partial charge in [0, 0.05) is 34.3 Å². The van der Waals surface area contributed by atoms with Gasteiger partial charge in [-0.05, 0) is 43.4 Å². The molecular weight excluding hydrogens is 434 g/mol. The number of nitrogens with zero attached hydrogens (tertiary/aromatic N) is 4. The third-order valence-corrected chi connectivity index (χ3v) is 8.29. The molecule has 1 aromatic heterocycles. The molecule has 1 aliphatic carbocycles. The minimum absolute atomic E-state index is 0.209. The molecule has 2 unspecified atom stereocenters. The minimum atomic E-state index is -3.18. The van der Waals surface area contributed by atoms with Gasteiger partial charge in [-0.1, -0.05) is 11.3 Å². The number of carbonyl (C=O) groups is 3. The van der Waals surface area contributed by atoms with Crippen LogP contribution < -0.4 is 5.32 Å². The van der Waals surface area contributed by atoms with Gasteiger partial charge < -0.3 is 9.45 Å². The Morgan fingerprint density at radius 2 is 2.00 bits per heavy atom. The number of fused-ring (bicyclic) bond motifs is 1. The summed E-state index contributed by atoms with van der Waals surface area (Å²) in [5.41, 5.74) is 2.67. The summed E-state index contributed by atoms with van der Waals surface area (Å²) in [7, 11) is -3.18. The number of benzene rings is 1. The van der Waals surface area contributed by atoms with Crippen molar-refractivity contribution in [2.45, 2.75) is 56.0 Å². The van der Waals surface area contributed by atoms with Gasteiger partial charge in [-0.25, -0.2) is 4.68 Å². The number of nitrogens with one attached hydrogen (secondary N) is 1. The monoisotopic (exact) mass is 457 g/mol. The highest BCUT2D eigenvalue weighted by molar-refractivity contribution is 7.97. The first-order chi connectivity index (χ1) is 15.2. The van der Waals surface area contributed by atoms with E-state index in [1.807, 2.05) is 6.07 Å². The number of carbonyl (C=O) groups excluding carboxylic acids is 3. The van der Waals surface area contributed by atoms with Gasteiger partial charge in [0.05, 0.1) is 12.5 Å². The number of aromatic nitrogens is 3. The van der Waals surface area contributed by atoms with Crippen LogP contribution in [0.15, 0.2) is 24.4 Å². The summed E-state index contributed by atoms with van der Waals surface area (Å²) < 4.78 is 25.9. The fourth-order valence-electron chi connectivity index (χ4n) is 5.01. The van der Waals surface area contributed by atoms with E-state index in [1.54, 1.807) is 23.0 Å². The van der Waals surface area contributed by atoms with Crippen molar-refractivity contribution in [3.05, 3.63) is 35.5 Å². The topological polar surface area (TPSA) is 137 Å². The molecule has 1 saturated heterocycles. The van der Waals surface area contributed by atoms with E-state index in [9.17, 15) is 23.1 Å². The lowest BCUT2D eigenvalue weighted by Gasteiger charge is -2.29. The van der Waals surface area contributed by atoms with Crippen molar-refractivity contribution in [1.82, 2.24) is 25.2 Å². The van der Waals surface area contributed by atoms with Gasteiger partial charge in [-0.15, -0.1) is 9.31 Å². The van der Waals surface area contributed by atoms with Gasteiger partial charge >= 0.3 is 0 Å². The lowest BCUT2D eigenvalue weighted by molar-refractivity contribution is -0.136. The van der Waals surface area contributed by atoms with Crippen LogP contribution in [-0.4, -0.2) is 59.7 Å². The molecule has 0 bridgehead atoms. The maximum Gasteiger partial charge on any atom is 0.255 e. The Bertz CT molecular complexity index is 1170. The van der Waals surface area contributed by atoms with Crippen LogP contribution in [0.5, 0.6) is 0 Å². The van der Waals surface area contributed by atoms with Crippen LogP contribution in [0.1, 0.15) is 54.1 Å². The number of piperidine rings is 1. The summed E-state index contributed by atoms with van der Waals surface area (Å²) in [6.07, 6.45) is 5.73. The second kappa shape index (κ2) is 7.59. The van der Waals surface area contributed by atoms with Crippen LogP contribution in [-0.2, 0) is 30.6 Å². The summed E-state index contributed by atoms with van der Waals surface area (Å²) in [6, 6.07) is 4.46. The number of imide groups is 1.